The minimum Gasteiger partial charge on any atom is -0.392 e. The van der Waals surface area contributed by atoms with Gasteiger partial charge in [-0.15, -0.1) is 0 Å². The molecule has 0 saturated heterocycles. The number of hydrogen-bond donors (Lipinski definition) is 1. The van der Waals surface area contributed by atoms with E-state index in [1.54, 1.807) is 0 Å². The van der Waals surface area contributed by atoms with E-state index >= 15 is 0 Å². The third-order valence-electron chi connectivity index (χ3n) is 1.67. The van der Waals surface area contributed by atoms with Crippen molar-refractivity contribution in [2.45, 2.75) is 13.0 Å². The number of hydrogen-bond acceptors (Lipinski definition) is 1. The number of halogens is 1. The second-order valence-electron chi connectivity index (χ2n) is 2.62. The van der Waals surface area contributed by atoms with Crippen LogP contribution in [0, 0.1) is 0 Å². The molecule has 0 amide bonds. The van der Waals surface area contributed by atoms with Gasteiger partial charge in [-0.05, 0) is 11.1 Å². The van der Waals surface area contributed by atoms with Crippen molar-refractivity contribution in [1.29, 1.82) is 0 Å². The van der Waals surface area contributed by atoms with Crippen molar-refractivity contribution < 1.29 is 5.11 Å². The van der Waals surface area contributed by atoms with E-state index in [-0.39, 0.29) is 6.61 Å². The Kier molecular flexibility index (Phi) is 3.32. The van der Waals surface area contributed by atoms with Crippen molar-refractivity contribution in [3.63, 3.8) is 0 Å². The van der Waals surface area contributed by atoms with Crippen molar-refractivity contribution in [2.75, 3.05) is 0 Å². The number of aliphatic hydroxyl groups excluding tert-OH is 1. The van der Waals surface area contributed by atoms with Gasteiger partial charge in [0.2, 0.25) is 0 Å². The maximum Gasteiger partial charge on any atom is 0.0684 e. The lowest BCUT2D eigenvalue weighted by Gasteiger charge is -2.04. The van der Waals surface area contributed by atoms with Gasteiger partial charge in [0, 0.05) is 11.5 Å². The van der Waals surface area contributed by atoms with Crippen molar-refractivity contribution in [3.05, 3.63) is 47.0 Å². The first-order valence-electron chi connectivity index (χ1n) is 3.75. The van der Waals surface area contributed by atoms with Gasteiger partial charge in [-0.3, -0.25) is 0 Å². The molecule has 2 heteroatoms. The summed E-state index contributed by atoms with van der Waals surface area (Å²) in [5.41, 5.74) is 1.96. The summed E-state index contributed by atoms with van der Waals surface area (Å²) in [5.74, 6) is 0. The summed E-state index contributed by atoms with van der Waals surface area (Å²) in [6.07, 6.45) is 0.623. The zero-order valence-corrected chi connectivity index (χ0v) is 7.51. The summed E-state index contributed by atoms with van der Waals surface area (Å²) in [6.45, 7) is 3.67. The lowest BCUT2D eigenvalue weighted by molar-refractivity contribution is 0.281. The van der Waals surface area contributed by atoms with Crippen LogP contribution in [0.4, 0.5) is 0 Å². The van der Waals surface area contributed by atoms with Gasteiger partial charge in [0.15, 0.2) is 0 Å². The molecule has 0 aliphatic heterocycles. The first-order valence-corrected chi connectivity index (χ1v) is 4.12. The highest BCUT2D eigenvalue weighted by Gasteiger charge is 2.00. The highest BCUT2D eigenvalue weighted by atomic mass is 35.5. The Bertz CT molecular complexity index is 281. The summed E-state index contributed by atoms with van der Waals surface area (Å²) in [6, 6.07) is 7.65. The Morgan fingerprint density at radius 1 is 1.33 bits per heavy atom. The van der Waals surface area contributed by atoms with E-state index in [4.69, 9.17) is 16.7 Å². The Labute approximate surface area is 77.3 Å². The normalized spacial score (nSPS) is 9.83. The summed E-state index contributed by atoms with van der Waals surface area (Å²) >= 11 is 5.67. The van der Waals surface area contributed by atoms with Crippen LogP contribution < -0.4 is 0 Å². The highest BCUT2D eigenvalue weighted by Crippen LogP contribution is 2.14. The van der Waals surface area contributed by atoms with Gasteiger partial charge in [0.05, 0.1) is 6.61 Å². The van der Waals surface area contributed by atoms with Crippen molar-refractivity contribution in [3.8, 4) is 0 Å². The van der Waals surface area contributed by atoms with Gasteiger partial charge in [-0.25, -0.2) is 0 Å². The fourth-order valence-corrected chi connectivity index (χ4v) is 1.23. The highest BCUT2D eigenvalue weighted by molar-refractivity contribution is 6.29. The number of benzene rings is 1. The monoisotopic (exact) mass is 182 g/mol. The zero-order valence-electron chi connectivity index (χ0n) is 6.76. The number of rotatable bonds is 3. The van der Waals surface area contributed by atoms with Gasteiger partial charge in [-0.2, -0.15) is 0 Å². The van der Waals surface area contributed by atoms with Crippen LogP contribution in [0.1, 0.15) is 11.1 Å². The molecule has 0 bridgehead atoms. The first-order chi connectivity index (χ1) is 5.74. The van der Waals surface area contributed by atoms with Gasteiger partial charge >= 0.3 is 0 Å². The molecule has 1 aromatic rings. The molecule has 0 aliphatic rings. The molecule has 1 N–H and O–H groups in total. The first kappa shape index (κ1) is 9.30. The molecule has 0 radical (unpaired) electrons. The smallest absolute Gasteiger partial charge is 0.0684 e. The maximum atomic E-state index is 8.96. The molecule has 64 valence electrons. The van der Waals surface area contributed by atoms with Crippen molar-refractivity contribution >= 4 is 11.6 Å². The predicted molar refractivity (Wildman–Crippen MR) is 51.1 cm³/mol. The number of aliphatic hydroxyl groups is 1. The van der Waals surface area contributed by atoms with Crippen LogP contribution >= 0.6 is 11.6 Å². The van der Waals surface area contributed by atoms with Crippen LogP contribution in [0.5, 0.6) is 0 Å². The van der Waals surface area contributed by atoms with E-state index in [1.807, 2.05) is 24.3 Å². The fraction of sp³-hybridized carbons (Fsp3) is 0.200. The molecule has 12 heavy (non-hydrogen) atoms. The molecule has 0 spiro atoms. The largest absolute Gasteiger partial charge is 0.392 e. The van der Waals surface area contributed by atoms with E-state index in [2.05, 4.69) is 6.58 Å². The van der Waals surface area contributed by atoms with Gasteiger partial charge in [0.25, 0.3) is 0 Å². The van der Waals surface area contributed by atoms with E-state index in [1.165, 1.54) is 0 Å². The maximum absolute atomic E-state index is 8.96. The van der Waals surface area contributed by atoms with Crippen LogP contribution in [0.3, 0.4) is 0 Å². The van der Waals surface area contributed by atoms with Gasteiger partial charge in [-0.1, -0.05) is 42.4 Å². The van der Waals surface area contributed by atoms with E-state index in [9.17, 15) is 0 Å². The van der Waals surface area contributed by atoms with E-state index in [0.29, 0.717) is 11.5 Å². The standard InChI is InChI=1S/C10H11ClO/c1-8(11)6-9-4-2-3-5-10(9)7-12/h2-5,12H,1,6-7H2. The predicted octanol–water partition coefficient (Wildman–Crippen LogP) is 2.47. The lowest BCUT2D eigenvalue weighted by Crippen LogP contribution is -1.92. The lowest BCUT2D eigenvalue weighted by atomic mass is 10.1. The molecule has 0 aliphatic carbocycles. The van der Waals surface area contributed by atoms with Crippen LogP contribution in [0.2, 0.25) is 0 Å². The average Bonchev–Trinajstić information content (AvgIpc) is 2.04. The van der Waals surface area contributed by atoms with Gasteiger partial charge in [0.1, 0.15) is 0 Å². The van der Waals surface area contributed by atoms with Crippen LogP contribution in [0.15, 0.2) is 35.9 Å². The SMILES string of the molecule is C=C(Cl)Cc1ccccc1CO. The summed E-state index contributed by atoms with van der Waals surface area (Å²) in [7, 11) is 0. The molecule has 0 aromatic heterocycles. The van der Waals surface area contributed by atoms with Crippen molar-refractivity contribution in [1.82, 2.24) is 0 Å². The molecule has 0 saturated carbocycles. The molecule has 1 aromatic carbocycles. The molecule has 0 atom stereocenters. The molecular formula is C10H11ClO. The van der Waals surface area contributed by atoms with Crippen LogP contribution in [0.25, 0.3) is 0 Å². The summed E-state index contributed by atoms with van der Waals surface area (Å²) < 4.78 is 0. The molecule has 0 unspecified atom stereocenters. The van der Waals surface area contributed by atoms with Crippen LogP contribution in [-0.4, -0.2) is 5.11 Å². The molecule has 1 nitrogen and oxygen atoms in total. The molecular weight excluding hydrogens is 172 g/mol. The number of allylic oxidation sites excluding steroid dienone is 1. The topological polar surface area (TPSA) is 20.2 Å². The molecule has 0 heterocycles. The van der Waals surface area contributed by atoms with Crippen molar-refractivity contribution in [2.24, 2.45) is 0 Å². The zero-order chi connectivity index (χ0) is 8.97. The van der Waals surface area contributed by atoms with E-state index < -0.39 is 0 Å². The molecule has 1 rings (SSSR count). The Morgan fingerprint density at radius 2 is 1.92 bits per heavy atom. The van der Waals surface area contributed by atoms with Crippen LogP contribution in [-0.2, 0) is 13.0 Å². The third-order valence-corrected chi connectivity index (χ3v) is 1.80. The average molecular weight is 183 g/mol. The minimum atomic E-state index is 0.0559. The summed E-state index contributed by atoms with van der Waals surface area (Å²) in [5, 5.41) is 9.55. The Morgan fingerprint density at radius 3 is 2.42 bits per heavy atom. The Balaban J connectivity index is 2.89. The Hall–Kier alpha value is -0.790. The second kappa shape index (κ2) is 4.29. The van der Waals surface area contributed by atoms with E-state index in [0.717, 1.165) is 11.1 Å². The minimum absolute atomic E-state index is 0.0559. The quantitative estimate of drug-likeness (QED) is 0.762. The molecule has 0 fully saturated rings. The fourth-order valence-electron chi connectivity index (χ4n) is 1.09. The van der Waals surface area contributed by atoms with Gasteiger partial charge < -0.3 is 5.11 Å². The second-order valence-corrected chi connectivity index (χ2v) is 3.16. The third kappa shape index (κ3) is 2.36. The summed E-state index contributed by atoms with van der Waals surface area (Å²) in [4.78, 5) is 0.